The fourth-order valence-electron chi connectivity index (χ4n) is 3.94. The van der Waals surface area contributed by atoms with Crippen LogP contribution in [0.25, 0.3) is 0 Å². The van der Waals surface area contributed by atoms with E-state index in [1.807, 2.05) is 20.8 Å². The molecule has 3 saturated heterocycles. The van der Waals surface area contributed by atoms with E-state index in [0.717, 1.165) is 0 Å². The van der Waals surface area contributed by atoms with Gasteiger partial charge in [-0.15, -0.1) is 0 Å². The van der Waals surface area contributed by atoms with E-state index in [4.69, 9.17) is 43.8 Å². The van der Waals surface area contributed by atoms with Gasteiger partial charge in [0.2, 0.25) is 0 Å². The Morgan fingerprint density at radius 1 is 1.00 bits per heavy atom. The Morgan fingerprint density at radius 3 is 2.15 bits per heavy atom. The first-order chi connectivity index (χ1) is 14.9. The molecule has 3 aliphatic rings. The molecule has 0 saturated carbocycles. The predicted molar refractivity (Wildman–Crippen MR) is 135 cm³/mol. The van der Waals surface area contributed by atoms with Crippen molar-refractivity contribution in [2.45, 2.75) is 102 Å². The van der Waals surface area contributed by atoms with Crippen LogP contribution in [0.5, 0.6) is 0 Å². The normalized spacial score (nSPS) is 47.9. The molecule has 3 heterocycles. The molecule has 0 amide bonds. The van der Waals surface area contributed by atoms with Crippen molar-refractivity contribution >= 4 is 45.9 Å². The third kappa shape index (κ3) is 6.72. The summed E-state index contributed by atoms with van der Waals surface area (Å²) in [6, 6.07) is 0. The van der Waals surface area contributed by atoms with E-state index in [-0.39, 0.29) is 36.4 Å². The van der Waals surface area contributed by atoms with Crippen LogP contribution >= 0.6 is 25.8 Å². The molecule has 1 N–H and O–H groups in total. The smallest absolute Gasteiger partial charge is 0.386 e. The van der Waals surface area contributed by atoms with E-state index in [9.17, 15) is 9.46 Å². The highest BCUT2D eigenvalue weighted by Crippen LogP contribution is 2.58. The van der Waals surface area contributed by atoms with Crippen molar-refractivity contribution in [2.75, 3.05) is 13.2 Å². The van der Waals surface area contributed by atoms with Gasteiger partial charge in [-0.2, -0.15) is 0 Å². The van der Waals surface area contributed by atoms with Crippen LogP contribution in [-0.2, 0) is 48.4 Å². The molecule has 0 aromatic heterocycles. The van der Waals surface area contributed by atoms with Crippen LogP contribution in [0, 0.1) is 5.92 Å². The van der Waals surface area contributed by atoms with Gasteiger partial charge in [-0.25, -0.2) is 4.57 Å². The summed E-state index contributed by atoms with van der Waals surface area (Å²) in [7, 11) is -2.22. The average molecular weight is 565 g/mol. The van der Waals surface area contributed by atoms with E-state index in [2.05, 4.69) is 46.1 Å². The lowest BCUT2D eigenvalue weighted by Crippen LogP contribution is -2.49. The third-order valence-corrected chi connectivity index (χ3v) is 14.8. The van der Waals surface area contributed by atoms with Gasteiger partial charge in [0, 0.05) is 5.92 Å². The molecule has 3 aliphatic heterocycles. The summed E-state index contributed by atoms with van der Waals surface area (Å²) in [6.45, 7) is 8.67. The quantitative estimate of drug-likeness (QED) is 0.280. The summed E-state index contributed by atoms with van der Waals surface area (Å²) in [5.74, 6) is -0.0963. The van der Waals surface area contributed by atoms with Crippen molar-refractivity contribution < 1.29 is 41.5 Å². The van der Waals surface area contributed by atoms with Crippen molar-refractivity contribution in [1.82, 2.24) is 0 Å². The largest absolute Gasteiger partial charge is 0.409 e. The van der Waals surface area contributed by atoms with Gasteiger partial charge in [-0.1, -0.05) is 39.9 Å². The van der Waals surface area contributed by atoms with E-state index in [0.29, 0.717) is 0 Å². The second-order valence-electron chi connectivity index (χ2n) is 10.6. The number of fused-ring (bicyclic) bond motifs is 2. The first-order valence-corrected chi connectivity index (χ1v) is 19.4. The van der Waals surface area contributed by atoms with Gasteiger partial charge in [0.05, 0.1) is 25.4 Å². The van der Waals surface area contributed by atoms with Gasteiger partial charge in [0.15, 0.2) is 8.32 Å². The predicted octanol–water partition coefficient (Wildman–Crippen LogP) is 4.66. The minimum absolute atomic E-state index is 0.0561. The lowest BCUT2D eigenvalue weighted by Gasteiger charge is -2.40. The molecular formula is C19H38O9P2S2Si. The minimum atomic E-state index is -3.75. The minimum Gasteiger partial charge on any atom is -0.409 e. The molecule has 9 nitrogen and oxygen atoms in total. The van der Waals surface area contributed by atoms with Crippen LogP contribution in [0.4, 0.5) is 0 Å². The van der Waals surface area contributed by atoms with Crippen molar-refractivity contribution in [2.24, 2.45) is 5.92 Å². The first kappa shape index (κ1) is 28.7. The Kier molecular flexibility index (Phi) is 8.80. The maximum atomic E-state index is 13.0. The summed E-state index contributed by atoms with van der Waals surface area (Å²) in [5, 5.41) is -0.0561. The van der Waals surface area contributed by atoms with E-state index >= 15 is 0 Å². The molecule has 14 heteroatoms. The zero-order valence-corrected chi connectivity index (χ0v) is 25.0. The molecule has 0 aromatic carbocycles. The standard InChI is InChI=1S/C19H38O9P2S2Si/c1-11-12(2)24-14-9-22-30(21,32)27-18-15(10-23-29(20,31)26-16(11)14)25-13(3)17(18)28-33(7,8)19(4,5)6/h11-18H,9-10H2,1-8H3,(H,20,31)(H,21,32)/t11?,12-,13-,14+,15+,16+,17+,18?,29?,30?/m0/s1. The van der Waals surface area contributed by atoms with E-state index in [1.54, 1.807) is 0 Å². The van der Waals surface area contributed by atoms with E-state index in [1.165, 1.54) is 0 Å². The average Bonchev–Trinajstić information content (AvgIpc) is 3.07. The molecule has 3 rings (SSSR count). The Bertz CT molecular complexity index is 811. The Balaban J connectivity index is 1.88. The van der Waals surface area contributed by atoms with Crippen molar-refractivity contribution in [3.05, 3.63) is 0 Å². The van der Waals surface area contributed by atoms with Crippen LogP contribution in [0.3, 0.4) is 0 Å². The van der Waals surface area contributed by atoms with Crippen molar-refractivity contribution in [3.8, 4) is 0 Å². The molecule has 0 spiro atoms. The van der Waals surface area contributed by atoms with Crippen LogP contribution in [0.15, 0.2) is 0 Å². The molecule has 0 aliphatic carbocycles. The molecule has 10 atom stereocenters. The summed E-state index contributed by atoms with van der Waals surface area (Å²) in [5.41, 5.74) is 0. The first-order valence-electron chi connectivity index (χ1n) is 11.2. The van der Waals surface area contributed by atoms with E-state index < -0.39 is 52.4 Å². The zero-order valence-electron chi connectivity index (χ0n) is 20.5. The highest BCUT2D eigenvalue weighted by atomic mass is 32.7. The van der Waals surface area contributed by atoms with Gasteiger partial charge in [-0.05, 0) is 43.8 Å². The van der Waals surface area contributed by atoms with Gasteiger partial charge in [0.25, 0.3) is 0 Å². The number of hydrogen-bond acceptors (Lipinski definition) is 9. The van der Waals surface area contributed by atoms with Crippen LogP contribution in [0.2, 0.25) is 18.1 Å². The molecule has 194 valence electrons. The summed E-state index contributed by atoms with van der Waals surface area (Å²) in [6.07, 6.45) is -3.76. The lowest BCUT2D eigenvalue weighted by atomic mass is 10.00. The fraction of sp³-hybridized carbons (Fsp3) is 1.00. The molecular weight excluding hydrogens is 526 g/mol. The Morgan fingerprint density at radius 2 is 1.55 bits per heavy atom. The second-order valence-corrected chi connectivity index (χ2v) is 21.1. The Labute approximate surface area is 208 Å². The van der Waals surface area contributed by atoms with Gasteiger partial charge in [-0.3, -0.25) is 13.6 Å². The highest BCUT2D eigenvalue weighted by molar-refractivity contribution is 8.44. The van der Waals surface area contributed by atoms with Crippen LogP contribution < -0.4 is 0 Å². The molecule has 33 heavy (non-hydrogen) atoms. The second kappa shape index (κ2) is 10.1. The zero-order chi connectivity index (χ0) is 25.0. The monoisotopic (exact) mass is 564 g/mol. The summed E-state index contributed by atoms with van der Waals surface area (Å²) in [4.78, 5) is 10.9. The Hall–Kier alpha value is 1.13. The number of hydrogen-bond donors (Lipinski definition) is 2. The van der Waals surface area contributed by atoms with Crippen molar-refractivity contribution in [3.63, 3.8) is 0 Å². The van der Waals surface area contributed by atoms with Crippen LogP contribution in [0.1, 0.15) is 41.5 Å². The molecule has 0 bridgehead atoms. The summed E-state index contributed by atoms with van der Waals surface area (Å²) < 4.78 is 54.7. The number of rotatable bonds is 2. The lowest BCUT2D eigenvalue weighted by molar-refractivity contribution is -0.0360. The maximum Gasteiger partial charge on any atom is 0.386 e. The third-order valence-electron chi connectivity index (χ3n) is 7.11. The molecule has 0 radical (unpaired) electrons. The topological polar surface area (TPSA) is 102 Å². The maximum absolute atomic E-state index is 13.0. The van der Waals surface area contributed by atoms with Gasteiger partial charge in [0.1, 0.15) is 30.5 Å². The van der Waals surface area contributed by atoms with Crippen LogP contribution in [-0.4, -0.2) is 69.2 Å². The SMILES string of the molecule is CC1[C@H](C)O[C@@H]2COP(O)(=S)OC3[C@@H](COP(=O)(S)O[C@H]12)O[C@@H](C)[C@H]3O[Si](C)(C)C(C)(C)C. The highest BCUT2D eigenvalue weighted by Gasteiger charge is 2.52. The van der Waals surface area contributed by atoms with Gasteiger partial charge >= 0.3 is 13.5 Å². The molecule has 3 fully saturated rings. The van der Waals surface area contributed by atoms with Gasteiger partial charge < -0.3 is 23.3 Å². The fourth-order valence-corrected chi connectivity index (χ4v) is 8.29. The van der Waals surface area contributed by atoms with Crippen molar-refractivity contribution in [1.29, 1.82) is 0 Å². The molecule has 4 unspecified atom stereocenters. The number of ether oxygens (including phenoxy) is 2. The molecule has 0 aromatic rings. The summed E-state index contributed by atoms with van der Waals surface area (Å²) >= 11 is 9.51. The number of thiol groups is 1.